The Bertz CT molecular complexity index is 546. The molecule has 1 amide bonds. The van der Waals surface area contributed by atoms with Gasteiger partial charge in [-0.25, -0.2) is 0 Å². The second-order valence-electron chi connectivity index (χ2n) is 5.31. The van der Waals surface area contributed by atoms with Gasteiger partial charge in [-0.3, -0.25) is 9.59 Å². The van der Waals surface area contributed by atoms with Crippen molar-refractivity contribution in [1.82, 2.24) is 4.90 Å². The number of nitrogens with zero attached hydrogens (tertiary/aromatic N) is 1. The van der Waals surface area contributed by atoms with Gasteiger partial charge in [0.25, 0.3) is 0 Å². The summed E-state index contributed by atoms with van der Waals surface area (Å²) in [6, 6.07) is 7.85. The van der Waals surface area contributed by atoms with Crippen LogP contribution in [-0.4, -0.2) is 46.0 Å². The van der Waals surface area contributed by atoms with Crippen molar-refractivity contribution in [3.63, 3.8) is 0 Å². The molecule has 1 heterocycles. The van der Waals surface area contributed by atoms with E-state index in [1.54, 1.807) is 16.7 Å². The zero-order chi connectivity index (χ0) is 14.1. The number of benzene rings is 1. The van der Waals surface area contributed by atoms with Crippen molar-refractivity contribution in [2.45, 2.75) is 24.8 Å². The third kappa shape index (κ3) is 2.42. The molecule has 2 atom stereocenters. The van der Waals surface area contributed by atoms with Crippen molar-refractivity contribution in [2.75, 3.05) is 18.1 Å². The van der Waals surface area contributed by atoms with Crippen LogP contribution in [0.2, 0.25) is 0 Å². The fourth-order valence-electron chi connectivity index (χ4n) is 2.99. The number of rotatable bonds is 3. The first kappa shape index (κ1) is 13.5. The smallest absolute Gasteiger partial charge is 0.305 e. The molecule has 0 aromatic heterocycles. The lowest BCUT2D eigenvalue weighted by atomic mass is 9.76. The zero-order valence-electron chi connectivity index (χ0n) is 11.1. The first-order valence-corrected chi connectivity index (χ1v) is 8.00. The molecule has 0 bridgehead atoms. The molecule has 1 aliphatic heterocycles. The topological polar surface area (TPSA) is 57.6 Å². The van der Waals surface area contributed by atoms with Gasteiger partial charge in [-0.05, 0) is 17.5 Å². The molecule has 1 N–H and O–H groups in total. The van der Waals surface area contributed by atoms with E-state index in [1.165, 1.54) is 5.56 Å². The van der Waals surface area contributed by atoms with E-state index < -0.39 is 5.97 Å². The van der Waals surface area contributed by atoms with Crippen LogP contribution in [0, 0.1) is 0 Å². The average molecular weight is 291 g/mol. The van der Waals surface area contributed by atoms with E-state index in [9.17, 15) is 9.59 Å². The van der Waals surface area contributed by atoms with Gasteiger partial charge in [-0.15, -0.1) is 0 Å². The lowest BCUT2D eigenvalue weighted by Crippen LogP contribution is -2.50. The summed E-state index contributed by atoms with van der Waals surface area (Å²) in [7, 11) is 0. The van der Waals surface area contributed by atoms with Crippen LogP contribution in [0.4, 0.5) is 0 Å². The lowest BCUT2D eigenvalue weighted by molar-refractivity contribution is -0.141. The van der Waals surface area contributed by atoms with Crippen LogP contribution in [-0.2, 0) is 16.0 Å². The minimum atomic E-state index is -0.829. The summed E-state index contributed by atoms with van der Waals surface area (Å²) in [5.41, 5.74) is 2.36. The summed E-state index contributed by atoms with van der Waals surface area (Å²) in [4.78, 5) is 25.4. The highest BCUT2D eigenvalue weighted by Gasteiger charge is 2.38. The highest BCUT2D eigenvalue weighted by molar-refractivity contribution is 7.99. The van der Waals surface area contributed by atoms with E-state index in [2.05, 4.69) is 6.07 Å². The minimum Gasteiger partial charge on any atom is -0.481 e. The molecular formula is C15H17NO3S. The number of carboxylic acids is 1. The Morgan fingerprint density at radius 1 is 1.35 bits per heavy atom. The molecule has 0 saturated carbocycles. The second-order valence-corrected chi connectivity index (χ2v) is 6.46. The van der Waals surface area contributed by atoms with Crippen LogP contribution < -0.4 is 0 Å². The summed E-state index contributed by atoms with van der Waals surface area (Å²) in [6.07, 6.45) is 0.839. The molecular weight excluding hydrogens is 274 g/mol. The van der Waals surface area contributed by atoms with E-state index in [4.69, 9.17) is 5.11 Å². The first-order chi connectivity index (χ1) is 9.66. The Hall–Kier alpha value is -1.49. The van der Waals surface area contributed by atoms with Gasteiger partial charge in [0.05, 0.1) is 18.4 Å². The highest BCUT2D eigenvalue weighted by atomic mass is 32.2. The Labute approximate surface area is 122 Å². The lowest BCUT2D eigenvalue weighted by Gasteiger charge is -2.40. The van der Waals surface area contributed by atoms with E-state index in [0.29, 0.717) is 6.54 Å². The van der Waals surface area contributed by atoms with Crippen LogP contribution in [0.5, 0.6) is 0 Å². The van der Waals surface area contributed by atoms with Gasteiger partial charge in [-0.1, -0.05) is 24.3 Å². The molecule has 1 aliphatic carbocycles. The highest BCUT2D eigenvalue weighted by Crippen LogP contribution is 2.37. The standard InChI is InChI=1S/C15H17NO3S/c17-14(18)8-11-9-20-6-5-16(11)15(19)13-7-10-3-1-2-4-12(10)13/h1-4,11,13H,5-9H2,(H,17,18). The fourth-order valence-corrected chi connectivity index (χ4v) is 4.06. The van der Waals surface area contributed by atoms with E-state index in [1.807, 2.05) is 18.2 Å². The van der Waals surface area contributed by atoms with Gasteiger partial charge in [0.1, 0.15) is 0 Å². The predicted molar refractivity (Wildman–Crippen MR) is 78.0 cm³/mol. The minimum absolute atomic E-state index is 0.0487. The molecule has 106 valence electrons. The van der Waals surface area contributed by atoms with Crippen LogP contribution in [0.1, 0.15) is 23.5 Å². The van der Waals surface area contributed by atoms with Gasteiger partial charge < -0.3 is 10.0 Å². The molecule has 5 heteroatoms. The SMILES string of the molecule is O=C(O)CC1CSCCN1C(=O)C1Cc2ccccc21. The maximum absolute atomic E-state index is 12.7. The molecule has 0 spiro atoms. The van der Waals surface area contributed by atoms with E-state index in [-0.39, 0.29) is 24.3 Å². The third-order valence-electron chi connectivity index (χ3n) is 4.07. The normalized spacial score (nSPS) is 24.7. The maximum Gasteiger partial charge on any atom is 0.305 e. The Balaban J connectivity index is 1.74. The monoisotopic (exact) mass is 291 g/mol. The number of carbonyl (C=O) groups excluding carboxylic acids is 1. The number of thioether (sulfide) groups is 1. The number of carboxylic acid groups (broad SMARTS) is 1. The summed E-state index contributed by atoms with van der Waals surface area (Å²) in [5, 5.41) is 8.99. The van der Waals surface area contributed by atoms with E-state index in [0.717, 1.165) is 23.5 Å². The summed E-state index contributed by atoms with van der Waals surface area (Å²) < 4.78 is 0. The van der Waals surface area contributed by atoms with Crippen LogP contribution in [0.25, 0.3) is 0 Å². The van der Waals surface area contributed by atoms with Crippen LogP contribution in [0.3, 0.4) is 0 Å². The first-order valence-electron chi connectivity index (χ1n) is 6.84. The molecule has 4 nitrogen and oxygen atoms in total. The predicted octanol–water partition coefficient (Wildman–Crippen LogP) is 1.74. The molecule has 20 heavy (non-hydrogen) atoms. The van der Waals surface area contributed by atoms with Gasteiger partial charge in [0, 0.05) is 18.1 Å². The zero-order valence-corrected chi connectivity index (χ0v) is 11.9. The van der Waals surface area contributed by atoms with Crippen LogP contribution in [0.15, 0.2) is 24.3 Å². The summed E-state index contributed by atoms with van der Waals surface area (Å²) in [5.74, 6) is 0.841. The van der Waals surface area contributed by atoms with E-state index >= 15 is 0 Å². The number of carbonyl (C=O) groups is 2. The Morgan fingerprint density at radius 3 is 2.90 bits per heavy atom. The van der Waals surface area contributed by atoms with Crippen molar-refractivity contribution in [1.29, 1.82) is 0 Å². The molecule has 1 fully saturated rings. The molecule has 0 radical (unpaired) electrons. The fraction of sp³-hybridized carbons (Fsp3) is 0.467. The summed E-state index contributed by atoms with van der Waals surface area (Å²) in [6.45, 7) is 0.667. The van der Waals surface area contributed by atoms with Crippen molar-refractivity contribution >= 4 is 23.6 Å². The third-order valence-corrected chi connectivity index (χ3v) is 5.17. The summed E-state index contributed by atoms with van der Waals surface area (Å²) >= 11 is 1.73. The van der Waals surface area contributed by atoms with Crippen molar-refractivity contribution in [3.05, 3.63) is 35.4 Å². The van der Waals surface area contributed by atoms with Crippen molar-refractivity contribution in [2.24, 2.45) is 0 Å². The van der Waals surface area contributed by atoms with Crippen LogP contribution >= 0.6 is 11.8 Å². The maximum atomic E-state index is 12.7. The number of hydrogen-bond donors (Lipinski definition) is 1. The number of aliphatic carboxylic acids is 1. The van der Waals surface area contributed by atoms with Gasteiger partial charge in [0.2, 0.25) is 5.91 Å². The second kappa shape index (κ2) is 5.48. The molecule has 1 saturated heterocycles. The molecule has 3 rings (SSSR count). The van der Waals surface area contributed by atoms with Crippen molar-refractivity contribution < 1.29 is 14.7 Å². The van der Waals surface area contributed by atoms with Gasteiger partial charge in [-0.2, -0.15) is 11.8 Å². The number of hydrogen-bond acceptors (Lipinski definition) is 3. The number of fused-ring (bicyclic) bond motifs is 1. The Kier molecular flexibility index (Phi) is 3.70. The quantitative estimate of drug-likeness (QED) is 0.921. The van der Waals surface area contributed by atoms with Gasteiger partial charge >= 0.3 is 5.97 Å². The largest absolute Gasteiger partial charge is 0.481 e. The molecule has 1 aromatic rings. The number of amides is 1. The molecule has 2 aliphatic rings. The molecule has 2 unspecified atom stereocenters. The van der Waals surface area contributed by atoms with Gasteiger partial charge in [0.15, 0.2) is 0 Å². The van der Waals surface area contributed by atoms with Crippen molar-refractivity contribution in [3.8, 4) is 0 Å². The average Bonchev–Trinajstić information content (AvgIpc) is 2.40. The Morgan fingerprint density at radius 2 is 2.15 bits per heavy atom. The molecule has 1 aromatic carbocycles.